The first-order valence-corrected chi connectivity index (χ1v) is 24.2. The number of aromatic nitrogens is 2. The zero-order chi connectivity index (χ0) is 47.7. The number of benzene rings is 8. The van der Waals surface area contributed by atoms with Crippen LogP contribution in [-0.2, 0) is 21.7 Å². The number of hydrogen-bond donors (Lipinski definition) is 1. The average Bonchev–Trinajstić information content (AvgIpc) is 4.17. The fourth-order valence-corrected chi connectivity index (χ4v) is 10.7. The molecule has 4 heterocycles. The quantitative estimate of drug-likeness (QED) is 0.0982. The molecule has 12 rings (SSSR count). The number of thiophene rings is 2. The van der Waals surface area contributed by atoms with Gasteiger partial charge >= 0.3 is 0 Å². The van der Waals surface area contributed by atoms with E-state index in [-0.39, 0.29) is 21.7 Å². The van der Waals surface area contributed by atoms with Gasteiger partial charge in [-0.3, -0.25) is 9.13 Å². The van der Waals surface area contributed by atoms with Gasteiger partial charge in [-0.2, -0.15) is 49.2 Å². The van der Waals surface area contributed by atoms with Crippen LogP contribution < -0.4 is 4.74 Å². The summed E-state index contributed by atoms with van der Waals surface area (Å²) >= 11 is 3.25. The summed E-state index contributed by atoms with van der Waals surface area (Å²) in [7, 11) is 5.34. The summed E-state index contributed by atoms with van der Waals surface area (Å²) in [5.41, 5.74) is 10.6. The Balaban J connectivity index is 0.000000146. The van der Waals surface area contributed by atoms with Gasteiger partial charge in [-0.05, 0) is 36.4 Å². The van der Waals surface area contributed by atoms with Crippen LogP contribution in [0, 0.1) is 13.8 Å². The Bertz CT molecular complexity index is 3490. The van der Waals surface area contributed by atoms with Gasteiger partial charge in [-0.25, -0.2) is 0 Å². The molecule has 3 N–H and O–H groups in total. The van der Waals surface area contributed by atoms with Crippen LogP contribution in [0.2, 0.25) is 0 Å². The van der Waals surface area contributed by atoms with Crippen molar-refractivity contribution < 1.29 is 41.0 Å². The number of aliphatic hydroxyl groups is 2. The molecule has 0 spiro atoms. The van der Waals surface area contributed by atoms with Crippen molar-refractivity contribution >= 4 is 66.3 Å². The summed E-state index contributed by atoms with van der Waals surface area (Å²) in [4.78, 5) is 0. The second-order valence-electron chi connectivity index (χ2n) is 16.0. The molecule has 0 aliphatic heterocycles. The molecule has 12 aromatic rings. The average molecular weight is 989 g/mol. The van der Waals surface area contributed by atoms with Gasteiger partial charge in [0.25, 0.3) is 11.5 Å². The largest absolute Gasteiger partial charge is 0.584 e. The number of aromatic hydroxyl groups is 3. The predicted octanol–water partition coefficient (Wildman–Crippen LogP) is 16.2. The number of para-hydroxylation sites is 6. The van der Waals surface area contributed by atoms with Crippen molar-refractivity contribution in [3.63, 3.8) is 0 Å². The zero-order valence-electron chi connectivity index (χ0n) is 39.2. The van der Waals surface area contributed by atoms with Crippen molar-refractivity contribution in [3.8, 4) is 55.3 Å². The van der Waals surface area contributed by atoms with Gasteiger partial charge in [0, 0.05) is 77.3 Å². The van der Waals surface area contributed by atoms with E-state index in [0.717, 1.165) is 71.7 Å². The van der Waals surface area contributed by atoms with Crippen molar-refractivity contribution in [1.29, 1.82) is 0 Å². The van der Waals surface area contributed by atoms with Gasteiger partial charge in [0.05, 0.1) is 40.3 Å². The monoisotopic (exact) mass is 988 g/mol. The SMILES string of the molecule is COc1c(-c2ccccc2[OH+]C)csc1-n1c2ccccc2c2ccccc21.C[OH+]c1ccccc1-c1csc(-n2c3ccccc3c3ccccc32)c1O.[CH2-]c1ccccc1.[CH2-]c1ccccc1.[Ti]. The molecule has 0 saturated carbocycles. The summed E-state index contributed by atoms with van der Waals surface area (Å²) in [6, 6.07) is 69.5. The minimum absolute atomic E-state index is 0. The molecule has 70 heavy (non-hydrogen) atoms. The molecule has 0 aliphatic rings. The van der Waals surface area contributed by atoms with Crippen LogP contribution >= 0.6 is 22.7 Å². The van der Waals surface area contributed by atoms with E-state index in [1.807, 2.05) is 128 Å². The van der Waals surface area contributed by atoms with E-state index in [1.165, 1.54) is 32.6 Å². The molecule has 0 unspecified atom stereocenters. The van der Waals surface area contributed by atoms with Crippen molar-refractivity contribution in [2.75, 3.05) is 21.3 Å². The standard InChI is InChI=1S/C24H19NO2S.C23H17NO2S.2C7H7.Ti/c1-26-22-14-8-5-11-18(22)19-15-28-24(23(19)27-2)25-20-12-6-3-9-16(20)17-10-4-7-13-21(17)25;1-26-21-13-7-4-10-17(21)18-14-27-23(22(18)25)24-19-11-5-2-8-15(19)16-9-3-6-12-20(16)24;2*1-7-5-3-2-4-6-7;/h3-15H,1-2H3;2-14,25H,1H3;2*2-6H,1H2;/q;;2*-1;/p+2. The molecular formula is C61H52N2O4S2Ti. The van der Waals surface area contributed by atoms with Crippen LogP contribution in [0.4, 0.5) is 0 Å². The van der Waals surface area contributed by atoms with Gasteiger partial charge in [0.15, 0.2) is 25.7 Å². The Morgan fingerprint density at radius 2 is 0.743 bits per heavy atom. The van der Waals surface area contributed by atoms with E-state index in [0.29, 0.717) is 5.75 Å². The van der Waals surface area contributed by atoms with Gasteiger partial charge in [-0.1, -0.05) is 109 Å². The van der Waals surface area contributed by atoms with Crippen molar-refractivity contribution in [3.05, 3.63) is 242 Å². The minimum atomic E-state index is 0. The number of hydrogen-bond acceptors (Lipinski definition) is 4. The summed E-state index contributed by atoms with van der Waals surface area (Å²) in [6.07, 6.45) is 0. The van der Waals surface area contributed by atoms with Gasteiger partial charge in [0.2, 0.25) is 0 Å². The first-order valence-electron chi connectivity index (χ1n) is 22.5. The van der Waals surface area contributed by atoms with Crippen molar-refractivity contribution in [2.24, 2.45) is 0 Å². The topological polar surface area (TPSA) is 64.9 Å². The number of fused-ring (bicyclic) bond motifs is 6. The normalized spacial score (nSPS) is 10.6. The minimum Gasteiger partial charge on any atom is -0.584 e. The second kappa shape index (κ2) is 22.7. The summed E-state index contributed by atoms with van der Waals surface area (Å²) < 4.78 is 19.2. The molecule has 0 saturated heterocycles. The number of methoxy groups -OCH3 is 1. The van der Waals surface area contributed by atoms with E-state index in [2.05, 4.69) is 129 Å². The molecule has 0 amide bonds. The molecule has 4 aromatic heterocycles. The van der Waals surface area contributed by atoms with E-state index in [1.54, 1.807) is 36.9 Å². The molecule has 0 radical (unpaired) electrons. The molecule has 6 nitrogen and oxygen atoms in total. The fraction of sp³-hybridized carbons (Fsp3) is 0.0492. The van der Waals surface area contributed by atoms with Crippen LogP contribution in [0.25, 0.3) is 75.9 Å². The third-order valence-electron chi connectivity index (χ3n) is 11.8. The number of nitrogens with zero attached hydrogens (tertiary/aromatic N) is 2. The van der Waals surface area contributed by atoms with Crippen LogP contribution in [0.3, 0.4) is 0 Å². The summed E-state index contributed by atoms with van der Waals surface area (Å²) in [5, 5.41) is 22.1. The maximum atomic E-state index is 11.1. The Morgan fingerprint density at radius 1 is 0.414 bits per heavy atom. The molecule has 9 heteroatoms. The molecule has 8 aromatic carbocycles. The Kier molecular flexibility index (Phi) is 15.8. The van der Waals surface area contributed by atoms with Gasteiger partial charge in [0.1, 0.15) is 10.0 Å². The van der Waals surface area contributed by atoms with Gasteiger partial charge < -0.3 is 19.3 Å². The second-order valence-corrected chi connectivity index (χ2v) is 17.7. The third kappa shape index (κ3) is 9.95. The van der Waals surface area contributed by atoms with E-state index in [9.17, 15) is 5.11 Å². The maximum absolute atomic E-state index is 11.1. The molecule has 346 valence electrons. The van der Waals surface area contributed by atoms with Crippen LogP contribution in [0.1, 0.15) is 11.1 Å². The Morgan fingerprint density at radius 3 is 1.13 bits per heavy atom. The first kappa shape index (κ1) is 48.9. The van der Waals surface area contributed by atoms with E-state index < -0.39 is 0 Å². The maximum Gasteiger partial charge on any atom is 0.262 e. The Hall–Kier alpha value is -7.59. The van der Waals surface area contributed by atoms with E-state index >= 15 is 0 Å². The molecule has 0 fully saturated rings. The molecular weight excluding hydrogens is 937 g/mol. The van der Waals surface area contributed by atoms with Gasteiger partial charge in [-0.15, -0.1) is 46.9 Å². The van der Waals surface area contributed by atoms with Crippen LogP contribution in [0.5, 0.6) is 23.0 Å². The van der Waals surface area contributed by atoms with E-state index in [4.69, 9.17) is 4.74 Å². The number of rotatable bonds is 7. The smallest absolute Gasteiger partial charge is 0.262 e. The molecule has 0 atom stereocenters. The first-order chi connectivity index (χ1) is 33.9. The van der Waals surface area contributed by atoms with Crippen molar-refractivity contribution in [2.45, 2.75) is 0 Å². The predicted molar refractivity (Wildman–Crippen MR) is 293 cm³/mol. The summed E-state index contributed by atoms with van der Waals surface area (Å²) in [6.45, 7) is 7.44. The summed E-state index contributed by atoms with van der Waals surface area (Å²) in [5.74, 6) is 3.02. The Labute approximate surface area is 432 Å². The fourth-order valence-electron chi connectivity index (χ4n) is 8.60. The number of ether oxygens (including phenoxy) is 3. The van der Waals surface area contributed by atoms with Crippen LogP contribution in [-0.4, -0.2) is 45.0 Å². The molecule has 0 aliphatic carbocycles. The van der Waals surface area contributed by atoms with Crippen LogP contribution in [0.15, 0.2) is 217 Å². The zero-order valence-corrected chi connectivity index (χ0v) is 42.4. The molecule has 0 bridgehead atoms. The van der Waals surface area contributed by atoms with Crippen molar-refractivity contribution in [1.82, 2.24) is 9.13 Å². The third-order valence-corrected chi connectivity index (χ3v) is 13.7.